The summed E-state index contributed by atoms with van der Waals surface area (Å²) in [6.45, 7) is 12.7. The highest BCUT2D eigenvalue weighted by atomic mass is 35.5. The quantitative estimate of drug-likeness (QED) is 0.603. The first-order valence-corrected chi connectivity index (χ1v) is 13.3. The molecule has 0 N–H and O–H groups in total. The average molecular weight is 494 g/mol. The van der Waals surface area contributed by atoms with Crippen LogP contribution >= 0.6 is 11.6 Å². The predicted octanol–water partition coefficient (Wildman–Crippen LogP) is 4.22. The number of nitrogens with zero attached hydrogens (tertiary/aromatic N) is 7. The molecule has 0 saturated carbocycles. The highest BCUT2D eigenvalue weighted by Gasteiger charge is 2.37. The molecule has 0 spiro atoms. The molecule has 2 fully saturated rings. The van der Waals surface area contributed by atoms with Crippen molar-refractivity contribution in [1.29, 1.82) is 0 Å². The van der Waals surface area contributed by atoms with Gasteiger partial charge in [0, 0.05) is 49.0 Å². The summed E-state index contributed by atoms with van der Waals surface area (Å²) >= 11 is 6.05. The summed E-state index contributed by atoms with van der Waals surface area (Å²) < 4.78 is 0. The van der Waals surface area contributed by atoms with Crippen LogP contribution in [0.25, 0.3) is 0 Å². The van der Waals surface area contributed by atoms with Crippen LogP contribution in [0.1, 0.15) is 50.1 Å². The van der Waals surface area contributed by atoms with E-state index in [9.17, 15) is 0 Å². The molecule has 0 amide bonds. The first-order chi connectivity index (χ1) is 17.0. The van der Waals surface area contributed by atoms with Gasteiger partial charge in [-0.3, -0.25) is 14.8 Å². The molecule has 0 bridgehead atoms. The Morgan fingerprint density at radius 1 is 1.09 bits per heavy atom. The maximum atomic E-state index is 6.05. The van der Waals surface area contributed by atoms with Crippen molar-refractivity contribution < 1.29 is 0 Å². The third kappa shape index (κ3) is 5.42. The molecule has 7 nitrogen and oxygen atoms in total. The first-order valence-electron chi connectivity index (χ1n) is 12.9. The van der Waals surface area contributed by atoms with Gasteiger partial charge in [-0.25, -0.2) is 15.0 Å². The lowest BCUT2D eigenvalue weighted by Gasteiger charge is -2.50. The Morgan fingerprint density at radius 3 is 2.51 bits per heavy atom. The SMILES string of the molecule is CC[C@H]1CN(c2ncc(C3=NCC=N3)nc2C)[C@H](C)CN1C1CCN(Cc2ccc(Cl)cc2)CC1. The minimum absolute atomic E-state index is 0.394. The minimum Gasteiger partial charge on any atom is -0.350 e. The number of aryl methyl sites for hydroxylation is 1. The van der Waals surface area contributed by atoms with E-state index >= 15 is 0 Å². The second-order valence-corrected chi connectivity index (χ2v) is 10.5. The van der Waals surface area contributed by atoms with Crippen LogP contribution in [-0.2, 0) is 6.54 Å². The number of rotatable bonds is 6. The van der Waals surface area contributed by atoms with Crippen molar-refractivity contribution >= 4 is 29.5 Å². The Kier molecular flexibility index (Phi) is 7.46. The summed E-state index contributed by atoms with van der Waals surface area (Å²) in [4.78, 5) is 26.2. The van der Waals surface area contributed by atoms with Crippen molar-refractivity contribution in [2.45, 2.75) is 64.7 Å². The smallest absolute Gasteiger partial charge is 0.175 e. The van der Waals surface area contributed by atoms with Crippen LogP contribution in [0.15, 0.2) is 40.4 Å². The fraction of sp³-hybridized carbons (Fsp3) is 0.556. The second kappa shape index (κ2) is 10.7. The molecule has 186 valence electrons. The van der Waals surface area contributed by atoms with Gasteiger partial charge in [-0.2, -0.15) is 0 Å². The Labute approximate surface area is 213 Å². The predicted molar refractivity (Wildman–Crippen MR) is 144 cm³/mol. The van der Waals surface area contributed by atoms with Crippen molar-refractivity contribution in [3.8, 4) is 0 Å². The van der Waals surface area contributed by atoms with Crippen molar-refractivity contribution in [3.63, 3.8) is 0 Å². The number of anilines is 1. The van der Waals surface area contributed by atoms with Gasteiger partial charge in [0.05, 0.1) is 18.4 Å². The van der Waals surface area contributed by atoms with Gasteiger partial charge in [0.15, 0.2) is 5.84 Å². The first kappa shape index (κ1) is 24.3. The fourth-order valence-electron chi connectivity index (χ4n) is 5.74. The number of benzene rings is 1. The third-order valence-corrected chi connectivity index (χ3v) is 7.91. The number of piperazine rings is 1. The molecule has 0 radical (unpaired) electrons. The summed E-state index contributed by atoms with van der Waals surface area (Å²) in [5.41, 5.74) is 3.07. The summed E-state index contributed by atoms with van der Waals surface area (Å²) in [6.07, 6.45) is 7.25. The van der Waals surface area contributed by atoms with E-state index in [1.165, 1.54) is 18.4 Å². The highest BCUT2D eigenvalue weighted by Crippen LogP contribution is 2.29. The van der Waals surface area contributed by atoms with Gasteiger partial charge in [0.2, 0.25) is 0 Å². The van der Waals surface area contributed by atoms with Gasteiger partial charge in [0.25, 0.3) is 0 Å². The van der Waals surface area contributed by atoms with Crippen LogP contribution in [-0.4, -0.2) is 82.7 Å². The molecule has 5 rings (SSSR count). The molecule has 3 aliphatic rings. The van der Waals surface area contributed by atoms with Crippen LogP contribution in [0.5, 0.6) is 0 Å². The van der Waals surface area contributed by atoms with E-state index in [0.717, 1.165) is 61.4 Å². The number of piperidine rings is 1. The van der Waals surface area contributed by atoms with E-state index in [4.69, 9.17) is 21.6 Å². The van der Waals surface area contributed by atoms with Crippen LogP contribution in [0.4, 0.5) is 5.82 Å². The Balaban J connectivity index is 1.21. The molecule has 3 aliphatic heterocycles. The monoisotopic (exact) mass is 493 g/mol. The Morgan fingerprint density at radius 2 is 1.86 bits per heavy atom. The lowest BCUT2D eigenvalue weighted by atomic mass is 9.96. The molecule has 1 aromatic carbocycles. The van der Waals surface area contributed by atoms with Gasteiger partial charge in [-0.1, -0.05) is 30.7 Å². The van der Waals surface area contributed by atoms with E-state index < -0.39 is 0 Å². The molecule has 0 unspecified atom stereocenters. The molecule has 2 aromatic rings. The van der Waals surface area contributed by atoms with E-state index in [1.807, 2.05) is 24.5 Å². The maximum Gasteiger partial charge on any atom is 0.175 e. The largest absolute Gasteiger partial charge is 0.350 e. The zero-order valence-corrected chi connectivity index (χ0v) is 21.8. The molecular weight excluding hydrogens is 458 g/mol. The molecule has 35 heavy (non-hydrogen) atoms. The molecule has 8 heteroatoms. The molecule has 0 aliphatic carbocycles. The number of aliphatic imine (C=N–C) groups is 2. The van der Waals surface area contributed by atoms with Crippen LogP contribution in [0, 0.1) is 6.92 Å². The lowest BCUT2D eigenvalue weighted by Crippen LogP contribution is -2.61. The molecule has 2 atom stereocenters. The van der Waals surface area contributed by atoms with Crippen LogP contribution < -0.4 is 4.90 Å². The molecular formula is C27H36ClN7. The maximum absolute atomic E-state index is 6.05. The second-order valence-electron chi connectivity index (χ2n) is 10.0. The molecule has 2 saturated heterocycles. The van der Waals surface area contributed by atoms with E-state index in [-0.39, 0.29) is 0 Å². The Hall–Kier alpha value is -2.35. The zero-order valence-electron chi connectivity index (χ0n) is 21.1. The zero-order chi connectivity index (χ0) is 24.4. The fourth-order valence-corrected chi connectivity index (χ4v) is 5.86. The third-order valence-electron chi connectivity index (χ3n) is 7.66. The number of aromatic nitrogens is 2. The topological polar surface area (TPSA) is 60.2 Å². The van der Waals surface area contributed by atoms with Gasteiger partial charge in [-0.05, 0) is 63.9 Å². The van der Waals surface area contributed by atoms with Crippen molar-refractivity contribution in [1.82, 2.24) is 19.8 Å². The standard InChI is InChI=1S/C27H36ClN7/c1-4-23-18-34(27-20(3)32-25(15-31-27)26-29-11-12-30-26)19(2)16-35(23)24-9-13-33(14-10-24)17-21-5-7-22(28)8-6-21/h5-8,11,15,19,23-24H,4,9-10,12-14,16-18H2,1-3H3/t19-,23+/m1/s1. The minimum atomic E-state index is 0.394. The van der Waals surface area contributed by atoms with E-state index in [1.54, 1.807) is 0 Å². The summed E-state index contributed by atoms with van der Waals surface area (Å²) in [6, 6.07) is 9.86. The van der Waals surface area contributed by atoms with Crippen molar-refractivity contribution in [2.75, 3.05) is 37.6 Å². The number of amidine groups is 1. The Bertz CT molecular complexity index is 1080. The summed E-state index contributed by atoms with van der Waals surface area (Å²) in [7, 11) is 0. The van der Waals surface area contributed by atoms with Gasteiger partial charge in [-0.15, -0.1) is 0 Å². The van der Waals surface area contributed by atoms with E-state index in [2.05, 4.69) is 57.6 Å². The molecule has 4 heterocycles. The summed E-state index contributed by atoms with van der Waals surface area (Å²) in [5, 5.41) is 0.806. The van der Waals surface area contributed by atoms with E-state index in [0.29, 0.717) is 30.5 Å². The van der Waals surface area contributed by atoms with Crippen LogP contribution in [0.2, 0.25) is 5.02 Å². The van der Waals surface area contributed by atoms with Crippen molar-refractivity contribution in [3.05, 3.63) is 52.4 Å². The number of hydrogen-bond acceptors (Lipinski definition) is 7. The van der Waals surface area contributed by atoms with Gasteiger partial charge < -0.3 is 4.90 Å². The normalized spacial score (nSPS) is 24.2. The lowest BCUT2D eigenvalue weighted by molar-refractivity contribution is 0.0505. The highest BCUT2D eigenvalue weighted by molar-refractivity contribution is 6.30. The number of hydrogen-bond donors (Lipinski definition) is 0. The average Bonchev–Trinajstić information content (AvgIpc) is 3.41. The number of likely N-dealkylation sites (tertiary alicyclic amines) is 1. The van der Waals surface area contributed by atoms with Gasteiger partial charge in [0.1, 0.15) is 11.5 Å². The molecule has 1 aromatic heterocycles. The summed E-state index contributed by atoms with van der Waals surface area (Å²) in [5.74, 6) is 1.69. The van der Waals surface area contributed by atoms with Crippen molar-refractivity contribution in [2.24, 2.45) is 9.98 Å². The van der Waals surface area contributed by atoms with Gasteiger partial charge >= 0.3 is 0 Å². The number of halogens is 1. The van der Waals surface area contributed by atoms with Crippen LogP contribution in [0.3, 0.4) is 0 Å².